The fraction of sp³-hybridized carbons (Fsp3) is 0.278. The molecule has 0 fully saturated rings. The van der Waals surface area contributed by atoms with Crippen LogP contribution in [0.15, 0.2) is 46.9 Å². The number of hydrogen-bond acceptors (Lipinski definition) is 3. The molecule has 0 bridgehead atoms. The second-order valence-corrected chi connectivity index (χ2v) is 5.76. The molecule has 0 radical (unpaired) electrons. The van der Waals surface area contributed by atoms with Gasteiger partial charge in [-0.1, -0.05) is 13.0 Å². The summed E-state index contributed by atoms with van der Waals surface area (Å²) in [6, 6.07) is 12.6. The van der Waals surface area contributed by atoms with E-state index in [2.05, 4.69) is 21.2 Å². The van der Waals surface area contributed by atoms with Crippen LogP contribution in [0.25, 0.3) is 0 Å². The van der Waals surface area contributed by atoms with Crippen LogP contribution in [0.3, 0.4) is 0 Å². The molecule has 2 rings (SSSR count). The predicted octanol–water partition coefficient (Wildman–Crippen LogP) is 4.89. The lowest BCUT2D eigenvalue weighted by atomic mass is 10.2. The minimum Gasteiger partial charge on any atom is -0.494 e. The van der Waals surface area contributed by atoms with Crippen LogP contribution in [-0.4, -0.2) is 19.1 Å². The second-order valence-electron chi connectivity index (χ2n) is 4.91. The standard InChI is InChI=1S/C18H20BrNO3/c1-3-10-23-17-9-8-13(11-16(17)19)18(21)20-14-6-5-7-15(12-14)22-4-2/h5-9,11-12H,3-4,10H2,1-2H3,(H,20,21). The molecule has 4 nitrogen and oxygen atoms in total. The molecule has 1 amide bonds. The molecule has 0 spiro atoms. The first kappa shape index (κ1) is 17.3. The highest BCUT2D eigenvalue weighted by molar-refractivity contribution is 9.10. The molecule has 122 valence electrons. The number of benzene rings is 2. The van der Waals surface area contributed by atoms with Gasteiger partial charge in [0.15, 0.2) is 0 Å². The molecule has 0 unspecified atom stereocenters. The Kier molecular flexibility index (Phi) is 6.47. The summed E-state index contributed by atoms with van der Waals surface area (Å²) in [6.45, 7) is 5.20. The van der Waals surface area contributed by atoms with Gasteiger partial charge in [-0.25, -0.2) is 0 Å². The fourth-order valence-electron chi connectivity index (χ4n) is 2.00. The van der Waals surface area contributed by atoms with E-state index in [1.807, 2.05) is 32.0 Å². The normalized spacial score (nSPS) is 10.2. The molecule has 0 saturated carbocycles. The van der Waals surface area contributed by atoms with E-state index in [9.17, 15) is 4.79 Å². The van der Waals surface area contributed by atoms with Gasteiger partial charge in [0.2, 0.25) is 0 Å². The quantitative estimate of drug-likeness (QED) is 0.746. The lowest BCUT2D eigenvalue weighted by Gasteiger charge is -2.10. The molecule has 2 aromatic rings. The maximum atomic E-state index is 12.3. The summed E-state index contributed by atoms with van der Waals surface area (Å²) in [5.41, 5.74) is 1.26. The highest BCUT2D eigenvalue weighted by atomic mass is 79.9. The Morgan fingerprint density at radius 1 is 1.13 bits per heavy atom. The molecule has 23 heavy (non-hydrogen) atoms. The fourth-order valence-corrected chi connectivity index (χ4v) is 2.50. The Balaban J connectivity index is 2.08. The van der Waals surface area contributed by atoms with Crippen molar-refractivity contribution in [2.24, 2.45) is 0 Å². The maximum absolute atomic E-state index is 12.3. The number of rotatable bonds is 7. The molecule has 5 heteroatoms. The molecule has 2 aromatic carbocycles. The van der Waals surface area contributed by atoms with Crippen molar-refractivity contribution in [3.63, 3.8) is 0 Å². The largest absolute Gasteiger partial charge is 0.494 e. The summed E-state index contributed by atoms with van der Waals surface area (Å²) >= 11 is 3.44. The molecular formula is C18H20BrNO3. The zero-order valence-corrected chi connectivity index (χ0v) is 14.9. The molecule has 0 saturated heterocycles. The topological polar surface area (TPSA) is 47.6 Å². The van der Waals surface area contributed by atoms with Crippen molar-refractivity contribution in [2.75, 3.05) is 18.5 Å². The predicted molar refractivity (Wildman–Crippen MR) is 95.5 cm³/mol. The van der Waals surface area contributed by atoms with Crippen LogP contribution in [0.2, 0.25) is 0 Å². The van der Waals surface area contributed by atoms with Gasteiger partial charge >= 0.3 is 0 Å². The van der Waals surface area contributed by atoms with E-state index in [4.69, 9.17) is 9.47 Å². The summed E-state index contributed by atoms with van der Waals surface area (Å²) in [4.78, 5) is 12.3. The van der Waals surface area contributed by atoms with Crippen LogP contribution in [-0.2, 0) is 0 Å². The lowest BCUT2D eigenvalue weighted by Crippen LogP contribution is -2.12. The molecule has 1 N–H and O–H groups in total. The summed E-state index contributed by atoms with van der Waals surface area (Å²) in [6.07, 6.45) is 0.935. The van der Waals surface area contributed by atoms with Crippen molar-refractivity contribution in [2.45, 2.75) is 20.3 Å². The Hall–Kier alpha value is -2.01. The zero-order chi connectivity index (χ0) is 16.7. The van der Waals surface area contributed by atoms with E-state index in [0.29, 0.717) is 24.5 Å². The lowest BCUT2D eigenvalue weighted by molar-refractivity contribution is 0.102. The van der Waals surface area contributed by atoms with E-state index < -0.39 is 0 Å². The number of amides is 1. The average molecular weight is 378 g/mol. The zero-order valence-electron chi connectivity index (χ0n) is 13.3. The Morgan fingerprint density at radius 2 is 1.96 bits per heavy atom. The smallest absolute Gasteiger partial charge is 0.255 e. The SMILES string of the molecule is CCCOc1ccc(C(=O)Nc2cccc(OCC)c2)cc1Br. The first-order valence-corrected chi connectivity index (χ1v) is 8.40. The van der Waals surface area contributed by atoms with Crippen LogP contribution >= 0.6 is 15.9 Å². The number of hydrogen-bond donors (Lipinski definition) is 1. The van der Waals surface area contributed by atoms with Crippen LogP contribution in [0.5, 0.6) is 11.5 Å². The van der Waals surface area contributed by atoms with E-state index in [-0.39, 0.29) is 5.91 Å². The third-order valence-corrected chi connectivity index (χ3v) is 3.68. The summed E-state index contributed by atoms with van der Waals surface area (Å²) < 4.78 is 11.8. The van der Waals surface area contributed by atoms with Crippen LogP contribution in [0.4, 0.5) is 5.69 Å². The van der Waals surface area contributed by atoms with Gasteiger partial charge in [0.25, 0.3) is 5.91 Å². The van der Waals surface area contributed by atoms with Crippen LogP contribution < -0.4 is 14.8 Å². The highest BCUT2D eigenvalue weighted by Gasteiger charge is 2.10. The van der Waals surface area contributed by atoms with Crippen LogP contribution in [0.1, 0.15) is 30.6 Å². The number of nitrogens with one attached hydrogen (secondary N) is 1. The number of carbonyl (C=O) groups excluding carboxylic acids is 1. The molecule has 0 aliphatic heterocycles. The number of ether oxygens (including phenoxy) is 2. The van der Waals surface area contributed by atoms with E-state index in [0.717, 1.165) is 22.4 Å². The monoisotopic (exact) mass is 377 g/mol. The third-order valence-electron chi connectivity index (χ3n) is 3.06. The number of carbonyl (C=O) groups is 1. The first-order valence-electron chi connectivity index (χ1n) is 7.60. The van der Waals surface area contributed by atoms with Gasteiger partial charge in [-0.15, -0.1) is 0 Å². The van der Waals surface area contributed by atoms with Gasteiger partial charge in [-0.3, -0.25) is 4.79 Å². The van der Waals surface area contributed by atoms with Gasteiger partial charge < -0.3 is 14.8 Å². The second kappa shape index (κ2) is 8.58. The number of halogens is 1. The Morgan fingerprint density at radius 3 is 2.65 bits per heavy atom. The first-order chi connectivity index (χ1) is 11.1. The molecule has 0 aromatic heterocycles. The number of anilines is 1. The van der Waals surface area contributed by atoms with E-state index in [1.165, 1.54) is 0 Å². The highest BCUT2D eigenvalue weighted by Crippen LogP contribution is 2.27. The summed E-state index contributed by atoms with van der Waals surface area (Å²) in [5.74, 6) is 1.29. The maximum Gasteiger partial charge on any atom is 0.255 e. The van der Waals surface area contributed by atoms with Crippen LogP contribution in [0, 0.1) is 0 Å². The minimum atomic E-state index is -0.179. The van der Waals surface area contributed by atoms with Gasteiger partial charge in [-0.05, 0) is 59.6 Å². The van der Waals surface area contributed by atoms with Crippen molar-refractivity contribution in [3.8, 4) is 11.5 Å². The van der Waals surface area contributed by atoms with Gasteiger partial charge in [-0.2, -0.15) is 0 Å². The van der Waals surface area contributed by atoms with Crippen molar-refractivity contribution in [1.29, 1.82) is 0 Å². The van der Waals surface area contributed by atoms with E-state index >= 15 is 0 Å². The minimum absolute atomic E-state index is 0.179. The Bertz CT molecular complexity index is 673. The molecule has 0 aliphatic carbocycles. The molecule has 0 aliphatic rings. The summed E-state index contributed by atoms with van der Waals surface area (Å²) in [7, 11) is 0. The van der Waals surface area contributed by atoms with Gasteiger partial charge in [0.05, 0.1) is 17.7 Å². The molecule has 0 heterocycles. The average Bonchev–Trinajstić information content (AvgIpc) is 2.54. The third kappa shape index (κ3) is 4.99. The summed E-state index contributed by atoms with van der Waals surface area (Å²) in [5, 5.41) is 2.87. The van der Waals surface area contributed by atoms with Crippen molar-refractivity contribution in [1.82, 2.24) is 0 Å². The van der Waals surface area contributed by atoms with Gasteiger partial charge in [0, 0.05) is 17.3 Å². The molecule has 0 atom stereocenters. The van der Waals surface area contributed by atoms with Gasteiger partial charge in [0.1, 0.15) is 11.5 Å². The van der Waals surface area contributed by atoms with E-state index in [1.54, 1.807) is 24.3 Å². The van der Waals surface area contributed by atoms with Crippen molar-refractivity contribution < 1.29 is 14.3 Å². The Labute approximate surface area is 144 Å². The van der Waals surface area contributed by atoms with Crippen molar-refractivity contribution >= 4 is 27.5 Å². The van der Waals surface area contributed by atoms with Crippen molar-refractivity contribution in [3.05, 3.63) is 52.5 Å². The molecular weight excluding hydrogens is 358 g/mol.